The van der Waals surface area contributed by atoms with Crippen molar-refractivity contribution in [3.05, 3.63) is 75.3 Å². The second-order valence-corrected chi connectivity index (χ2v) is 7.74. The van der Waals surface area contributed by atoms with E-state index in [4.69, 9.17) is 11.6 Å². The molecule has 0 aliphatic carbocycles. The predicted molar refractivity (Wildman–Crippen MR) is 90.0 cm³/mol. The van der Waals surface area contributed by atoms with E-state index < -0.39 is 21.5 Å². The van der Waals surface area contributed by atoms with Crippen LogP contribution in [0.3, 0.4) is 0 Å². The highest BCUT2D eigenvalue weighted by atomic mass is 35.5. The number of carbonyl (C=O) groups is 1. The molecule has 0 saturated heterocycles. The van der Waals surface area contributed by atoms with E-state index in [0.29, 0.717) is 10.7 Å². The Labute approximate surface area is 147 Å². The highest BCUT2D eigenvalue weighted by Crippen LogP contribution is 2.30. The normalized spacial score (nSPS) is 15.6. The fourth-order valence-electron chi connectivity index (χ4n) is 2.74. The summed E-state index contributed by atoms with van der Waals surface area (Å²) in [6.07, 6.45) is 1.42. The zero-order chi connectivity index (χ0) is 17.8. The first-order valence-corrected chi connectivity index (χ1v) is 9.04. The Kier molecular flexibility index (Phi) is 3.41. The number of hydrogen-bond donors (Lipinski definition) is 0. The minimum Gasteiger partial charge on any atom is -0.269 e. The van der Waals surface area contributed by atoms with Crippen molar-refractivity contribution in [1.82, 2.24) is 13.7 Å². The summed E-state index contributed by atoms with van der Waals surface area (Å²) < 4.78 is 27.1. The number of halogens is 1. The Morgan fingerprint density at radius 1 is 1.08 bits per heavy atom. The van der Waals surface area contributed by atoms with Crippen molar-refractivity contribution >= 4 is 33.2 Å². The summed E-state index contributed by atoms with van der Waals surface area (Å²) in [5.41, 5.74) is 0.196. The van der Waals surface area contributed by atoms with Crippen molar-refractivity contribution in [3.8, 4) is 0 Å². The van der Waals surface area contributed by atoms with Crippen LogP contribution in [0.4, 0.5) is 0 Å². The molecule has 1 aliphatic rings. The molecule has 1 aromatic carbocycles. The number of benzene rings is 1. The van der Waals surface area contributed by atoms with Crippen LogP contribution in [0.5, 0.6) is 0 Å². The molecule has 0 N–H and O–H groups in total. The maximum Gasteiger partial charge on any atom is 0.269 e. The summed E-state index contributed by atoms with van der Waals surface area (Å²) in [7, 11) is -3.95. The number of rotatable bonds is 2. The van der Waals surface area contributed by atoms with Crippen molar-refractivity contribution in [3.63, 3.8) is 0 Å². The first-order valence-electron chi connectivity index (χ1n) is 7.22. The standard InChI is InChI=1S/C16H10ClN3O4S/c17-10-5-6-14-18-11(7-15(21)19(14)8-10)9-20-16(22)12-3-1-2-4-13(12)25(20,23)24/h1-8H,9H2. The molecule has 4 rings (SSSR count). The van der Waals surface area contributed by atoms with E-state index in [1.54, 1.807) is 24.3 Å². The molecule has 1 amide bonds. The largest absolute Gasteiger partial charge is 0.269 e. The van der Waals surface area contributed by atoms with Gasteiger partial charge in [-0.1, -0.05) is 23.7 Å². The molecule has 1 aliphatic heterocycles. The molecule has 0 bridgehead atoms. The molecule has 126 valence electrons. The van der Waals surface area contributed by atoms with Crippen LogP contribution in [0.25, 0.3) is 5.65 Å². The fraction of sp³-hybridized carbons (Fsp3) is 0.0625. The van der Waals surface area contributed by atoms with Gasteiger partial charge in [-0.05, 0) is 24.3 Å². The van der Waals surface area contributed by atoms with E-state index in [1.807, 2.05) is 0 Å². The second-order valence-electron chi connectivity index (χ2n) is 5.47. The Hall–Kier alpha value is -2.71. The molecule has 2 aromatic heterocycles. The number of fused-ring (bicyclic) bond motifs is 2. The number of amides is 1. The highest BCUT2D eigenvalue weighted by molar-refractivity contribution is 7.90. The molecule has 3 aromatic rings. The van der Waals surface area contributed by atoms with Crippen LogP contribution in [-0.4, -0.2) is 28.0 Å². The van der Waals surface area contributed by atoms with Gasteiger partial charge in [0.15, 0.2) is 0 Å². The summed E-state index contributed by atoms with van der Waals surface area (Å²) in [5, 5.41) is 0.372. The van der Waals surface area contributed by atoms with Crippen LogP contribution in [0.2, 0.25) is 5.02 Å². The average Bonchev–Trinajstić information content (AvgIpc) is 2.77. The van der Waals surface area contributed by atoms with Gasteiger partial charge in [0, 0.05) is 12.3 Å². The number of aromatic nitrogens is 2. The van der Waals surface area contributed by atoms with Gasteiger partial charge in [-0.25, -0.2) is 17.7 Å². The third kappa shape index (κ3) is 2.41. The van der Waals surface area contributed by atoms with Gasteiger partial charge in [0.2, 0.25) is 0 Å². The average molecular weight is 376 g/mol. The molecule has 0 atom stereocenters. The third-order valence-corrected chi connectivity index (χ3v) is 5.90. The van der Waals surface area contributed by atoms with Gasteiger partial charge in [-0.2, -0.15) is 0 Å². The summed E-state index contributed by atoms with van der Waals surface area (Å²) in [4.78, 5) is 28.8. The number of carbonyl (C=O) groups excluding carboxylic acids is 1. The molecule has 0 spiro atoms. The summed E-state index contributed by atoms with van der Waals surface area (Å²) in [5.74, 6) is -0.631. The quantitative estimate of drug-likeness (QED) is 0.680. The molecule has 25 heavy (non-hydrogen) atoms. The lowest BCUT2D eigenvalue weighted by Gasteiger charge is -2.14. The Bertz CT molecular complexity index is 1200. The van der Waals surface area contributed by atoms with Gasteiger partial charge >= 0.3 is 0 Å². The smallest absolute Gasteiger partial charge is 0.269 e. The van der Waals surface area contributed by atoms with Crippen LogP contribution >= 0.6 is 11.6 Å². The van der Waals surface area contributed by atoms with Crippen molar-refractivity contribution < 1.29 is 13.2 Å². The number of pyridine rings is 1. The molecule has 0 radical (unpaired) electrons. The second kappa shape index (κ2) is 5.40. The number of nitrogens with zero attached hydrogens (tertiary/aromatic N) is 3. The molecule has 0 saturated carbocycles. The predicted octanol–water partition coefficient (Wildman–Crippen LogP) is 1.69. The molecule has 3 heterocycles. The van der Waals surface area contributed by atoms with E-state index in [-0.39, 0.29) is 22.7 Å². The third-order valence-electron chi connectivity index (χ3n) is 3.89. The molecule has 9 heteroatoms. The summed E-state index contributed by atoms with van der Waals surface area (Å²) in [6.45, 7) is -0.315. The van der Waals surface area contributed by atoms with Crippen LogP contribution in [0.15, 0.2) is 58.4 Å². The Morgan fingerprint density at radius 3 is 2.60 bits per heavy atom. The molecule has 0 fully saturated rings. The van der Waals surface area contributed by atoms with E-state index in [1.165, 1.54) is 28.8 Å². The minimum absolute atomic E-state index is 0.0377. The van der Waals surface area contributed by atoms with E-state index in [9.17, 15) is 18.0 Å². The lowest BCUT2D eigenvalue weighted by atomic mass is 10.2. The maximum atomic E-state index is 12.6. The van der Waals surface area contributed by atoms with Crippen LogP contribution in [-0.2, 0) is 16.6 Å². The van der Waals surface area contributed by atoms with Gasteiger partial charge in [0.05, 0.1) is 22.8 Å². The van der Waals surface area contributed by atoms with Gasteiger partial charge in [-0.15, -0.1) is 0 Å². The first-order chi connectivity index (χ1) is 11.9. The van der Waals surface area contributed by atoms with Gasteiger partial charge in [-0.3, -0.25) is 14.0 Å². The van der Waals surface area contributed by atoms with E-state index in [2.05, 4.69) is 4.98 Å². The molecule has 7 nitrogen and oxygen atoms in total. The highest BCUT2D eigenvalue weighted by Gasteiger charge is 2.41. The van der Waals surface area contributed by atoms with Gasteiger partial charge in [0.1, 0.15) is 10.5 Å². The van der Waals surface area contributed by atoms with Crippen molar-refractivity contribution in [2.45, 2.75) is 11.4 Å². The summed E-state index contributed by atoms with van der Waals surface area (Å²) in [6, 6.07) is 10.3. The van der Waals surface area contributed by atoms with Crippen LogP contribution in [0.1, 0.15) is 16.1 Å². The Morgan fingerprint density at radius 2 is 1.84 bits per heavy atom. The van der Waals surface area contributed by atoms with Gasteiger partial charge < -0.3 is 0 Å². The minimum atomic E-state index is -3.95. The van der Waals surface area contributed by atoms with Gasteiger partial charge in [0.25, 0.3) is 21.5 Å². The summed E-state index contributed by atoms with van der Waals surface area (Å²) >= 11 is 5.86. The zero-order valence-electron chi connectivity index (χ0n) is 12.6. The number of hydrogen-bond acceptors (Lipinski definition) is 5. The van der Waals surface area contributed by atoms with Crippen molar-refractivity contribution in [2.24, 2.45) is 0 Å². The van der Waals surface area contributed by atoms with E-state index in [0.717, 1.165) is 4.31 Å². The maximum absolute atomic E-state index is 12.6. The molecular weight excluding hydrogens is 366 g/mol. The lowest BCUT2D eigenvalue weighted by molar-refractivity contribution is 0.0864. The lowest BCUT2D eigenvalue weighted by Crippen LogP contribution is -2.30. The van der Waals surface area contributed by atoms with Crippen LogP contribution < -0.4 is 5.56 Å². The Balaban J connectivity index is 1.79. The van der Waals surface area contributed by atoms with Crippen molar-refractivity contribution in [1.29, 1.82) is 0 Å². The molecular formula is C16H10ClN3O4S. The number of sulfonamides is 1. The first kappa shape index (κ1) is 15.8. The van der Waals surface area contributed by atoms with Crippen molar-refractivity contribution in [2.75, 3.05) is 0 Å². The topological polar surface area (TPSA) is 88.8 Å². The fourth-order valence-corrected chi connectivity index (χ4v) is 4.44. The monoisotopic (exact) mass is 375 g/mol. The molecule has 0 unspecified atom stereocenters. The van der Waals surface area contributed by atoms with Crippen LogP contribution in [0, 0.1) is 0 Å². The SMILES string of the molecule is O=C1c2ccccc2S(=O)(=O)N1Cc1cc(=O)n2cc(Cl)ccc2n1. The van der Waals surface area contributed by atoms with E-state index >= 15 is 0 Å². The zero-order valence-corrected chi connectivity index (χ0v) is 14.2.